The Hall–Kier alpha value is -0.288. The van der Waals surface area contributed by atoms with Crippen molar-refractivity contribution in [2.45, 2.75) is 42.4 Å². The van der Waals surface area contributed by atoms with E-state index in [0.29, 0.717) is 0 Å². The molecule has 0 aromatic carbocycles. The van der Waals surface area contributed by atoms with Crippen molar-refractivity contribution >= 4 is 18.8 Å². The average Bonchev–Trinajstić information content (AvgIpc) is 2.17. The van der Waals surface area contributed by atoms with E-state index < -0.39 is 36.8 Å². The number of carbonyl (C=O) groups is 1. The molecule has 0 unspecified atom stereocenters. The van der Waals surface area contributed by atoms with Crippen LogP contribution in [0.15, 0.2) is 0 Å². The maximum atomic E-state index is 12.9. The molecule has 0 heterocycles. The molecule has 0 fully saturated rings. The lowest BCUT2D eigenvalue weighted by Gasteiger charge is -2.28. The van der Waals surface area contributed by atoms with E-state index in [4.69, 9.17) is 0 Å². The SMILES string of the molecule is C[CH2][Al]([CH2]C)[C](=O)C(F)(F)C(F)(F)C(F)(F)F. The molecule has 0 spiro atoms. The Morgan fingerprint density at radius 2 is 1.29 bits per heavy atom. The molecule has 0 saturated carbocycles. The number of carbonyl (C=O) groups excluding carboxylic acids is 1. The summed E-state index contributed by atoms with van der Waals surface area (Å²) in [6.45, 7) is 2.64. The van der Waals surface area contributed by atoms with E-state index in [1.807, 2.05) is 0 Å². The molecule has 100 valence electrons. The summed E-state index contributed by atoms with van der Waals surface area (Å²) in [5.41, 5.74) is 0. The van der Waals surface area contributed by atoms with Gasteiger partial charge in [0, 0.05) is 0 Å². The Kier molecular flexibility index (Phi) is 5.06. The van der Waals surface area contributed by atoms with Crippen LogP contribution in [0.4, 0.5) is 30.7 Å². The molecule has 0 atom stereocenters. The van der Waals surface area contributed by atoms with E-state index in [0.717, 1.165) is 0 Å². The Morgan fingerprint density at radius 3 is 1.53 bits per heavy atom. The summed E-state index contributed by atoms with van der Waals surface area (Å²) < 4.78 is 84.0. The van der Waals surface area contributed by atoms with Gasteiger partial charge in [-0.05, 0) is 0 Å². The Bertz CT molecular complexity index is 282. The molecule has 0 aliphatic carbocycles. The van der Waals surface area contributed by atoms with Gasteiger partial charge in [0.1, 0.15) is 4.65 Å². The second kappa shape index (κ2) is 5.14. The fourth-order valence-corrected chi connectivity index (χ4v) is 3.26. The molecule has 0 amide bonds. The number of hydrogen-bond acceptors (Lipinski definition) is 1. The number of halogens is 7. The van der Waals surface area contributed by atoms with Crippen LogP contribution in [-0.2, 0) is 4.79 Å². The van der Waals surface area contributed by atoms with Crippen LogP contribution in [0.25, 0.3) is 0 Å². The zero-order valence-corrected chi connectivity index (χ0v) is 10.2. The summed E-state index contributed by atoms with van der Waals surface area (Å²) in [5.74, 6) is -12.0. The largest absolute Gasteiger partial charge is 0.460 e. The maximum absolute atomic E-state index is 12.9. The van der Waals surface area contributed by atoms with Crippen molar-refractivity contribution in [3.05, 3.63) is 0 Å². The molecule has 17 heavy (non-hydrogen) atoms. The van der Waals surface area contributed by atoms with Gasteiger partial charge < -0.3 is 4.79 Å². The zero-order valence-electron chi connectivity index (χ0n) is 9.05. The Morgan fingerprint density at radius 1 is 0.941 bits per heavy atom. The minimum atomic E-state index is -6.44. The molecule has 1 nitrogen and oxygen atoms in total. The summed E-state index contributed by atoms with van der Waals surface area (Å²) >= 11 is -2.95. The highest BCUT2D eigenvalue weighted by atomic mass is 27.2. The number of alkyl halides is 7. The maximum Gasteiger partial charge on any atom is 0.460 e. The molecule has 9 heteroatoms. The Labute approximate surface area is 97.4 Å². The van der Waals surface area contributed by atoms with Gasteiger partial charge in [0.05, 0.1) is 0 Å². The van der Waals surface area contributed by atoms with Gasteiger partial charge in [0.25, 0.3) is 0 Å². The fourth-order valence-electron chi connectivity index (χ4n) is 1.25. The molecule has 0 aliphatic heterocycles. The van der Waals surface area contributed by atoms with E-state index >= 15 is 0 Å². The molecule has 0 bridgehead atoms. The third-order valence-corrected chi connectivity index (χ3v) is 5.49. The second-order valence-electron chi connectivity index (χ2n) is 3.52. The molecule has 0 aromatic rings. The van der Waals surface area contributed by atoms with Gasteiger partial charge in [0.15, 0.2) is 0 Å². The van der Waals surface area contributed by atoms with Crippen LogP contribution in [0, 0.1) is 0 Å². The van der Waals surface area contributed by atoms with Gasteiger partial charge in [0.2, 0.25) is 0 Å². The topological polar surface area (TPSA) is 17.1 Å². The third kappa shape index (κ3) is 2.94. The quantitative estimate of drug-likeness (QED) is 0.557. The van der Waals surface area contributed by atoms with Crippen LogP contribution in [0.1, 0.15) is 13.8 Å². The van der Waals surface area contributed by atoms with Gasteiger partial charge in [-0.15, -0.1) is 0 Å². The van der Waals surface area contributed by atoms with Crippen molar-refractivity contribution in [2.75, 3.05) is 0 Å². The minimum Gasteiger partial charge on any atom is -0.314 e. The molecule has 0 saturated heterocycles. The van der Waals surface area contributed by atoms with Gasteiger partial charge >= 0.3 is 32.2 Å². The lowest BCUT2D eigenvalue weighted by Crippen LogP contribution is -2.59. The van der Waals surface area contributed by atoms with Crippen molar-refractivity contribution < 1.29 is 35.5 Å². The first-order valence-electron chi connectivity index (χ1n) is 4.80. The number of hydrogen-bond donors (Lipinski definition) is 0. The number of rotatable bonds is 5. The summed E-state index contributed by atoms with van der Waals surface area (Å²) in [4.78, 5) is 11.1. The standard InChI is InChI=1S/C4F7O.2C2H5.Al/c5-2(6,1-12)3(7,8)4(9,10)11;2*1-2;/h;2*1H2,2H3;. The molecule has 0 aliphatic rings. The van der Waals surface area contributed by atoms with Crippen LogP contribution in [-0.4, -0.2) is 36.8 Å². The first-order valence-corrected chi connectivity index (χ1v) is 7.01. The van der Waals surface area contributed by atoms with Crippen molar-refractivity contribution in [3.8, 4) is 0 Å². The smallest absolute Gasteiger partial charge is 0.314 e. The van der Waals surface area contributed by atoms with Crippen molar-refractivity contribution in [2.24, 2.45) is 0 Å². The lowest BCUT2D eigenvalue weighted by atomic mass is 10.2. The van der Waals surface area contributed by atoms with Crippen molar-refractivity contribution in [1.29, 1.82) is 0 Å². The first-order chi connectivity index (χ1) is 7.43. The van der Waals surface area contributed by atoms with Crippen molar-refractivity contribution in [1.82, 2.24) is 0 Å². The molecule has 0 aromatic heterocycles. The predicted molar refractivity (Wildman–Crippen MR) is 47.7 cm³/mol. The molecule has 0 N–H and O–H groups in total. The van der Waals surface area contributed by atoms with E-state index in [1.165, 1.54) is 13.8 Å². The lowest BCUT2D eigenvalue weighted by molar-refractivity contribution is -0.342. The summed E-state index contributed by atoms with van der Waals surface area (Å²) in [5, 5.41) is -0.169. The van der Waals surface area contributed by atoms with Gasteiger partial charge in [-0.3, -0.25) is 0 Å². The third-order valence-electron chi connectivity index (χ3n) is 2.42. The highest BCUT2D eigenvalue weighted by Crippen LogP contribution is 2.47. The predicted octanol–water partition coefficient (Wildman–Crippen LogP) is 3.46. The highest BCUT2D eigenvalue weighted by molar-refractivity contribution is 6.91. The van der Waals surface area contributed by atoms with Crippen LogP contribution in [0.2, 0.25) is 10.6 Å². The molecule has 0 radical (unpaired) electrons. The van der Waals surface area contributed by atoms with Crippen LogP contribution in [0.3, 0.4) is 0 Å². The van der Waals surface area contributed by atoms with Gasteiger partial charge in [-0.2, -0.15) is 30.7 Å². The Balaban J connectivity index is 5.33. The molecule has 0 rings (SSSR count). The monoisotopic (exact) mass is 282 g/mol. The summed E-state index contributed by atoms with van der Waals surface area (Å²) in [6.07, 6.45) is -6.44. The normalized spacial score (nSPS) is 13.7. The van der Waals surface area contributed by atoms with Gasteiger partial charge in [-0.1, -0.05) is 24.4 Å². The first kappa shape index (κ1) is 16.7. The fraction of sp³-hybridized carbons (Fsp3) is 0.875. The zero-order chi connectivity index (χ0) is 14.1. The molecular formula is C8H10AlF7O. The van der Waals surface area contributed by atoms with Crippen LogP contribution >= 0.6 is 0 Å². The van der Waals surface area contributed by atoms with Crippen LogP contribution < -0.4 is 0 Å². The summed E-state index contributed by atoms with van der Waals surface area (Å²) in [6, 6.07) is 0. The molecular weight excluding hydrogens is 272 g/mol. The minimum absolute atomic E-state index is 0.0845. The highest BCUT2D eigenvalue weighted by Gasteiger charge is 2.75. The van der Waals surface area contributed by atoms with E-state index in [2.05, 4.69) is 0 Å². The van der Waals surface area contributed by atoms with E-state index in [9.17, 15) is 35.5 Å². The second-order valence-corrected chi connectivity index (χ2v) is 7.08. The van der Waals surface area contributed by atoms with E-state index in [1.54, 1.807) is 0 Å². The van der Waals surface area contributed by atoms with Crippen LogP contribution in [0.5, 0.6) is 0 Å². The van der Waals surface area contributed by atoms with E-state index in [-0.39, 0.29) is 10.6 Å². The van der Waals surface area contributed by atoms with Gasteiger partial charge in [-0.25, -0.2) is 0 Å². The average molecular weight is 282 g/mol. The summed E-state index contributed by atoms with van der Waals surface area (Å²) in [7, 11) is 0. The van der Waals surface area contributed by atoms with Crippen molar-refractivity contribution in [3.63, 3.8) is 0 Å².